The van der Waals surface area contributed by atoms with Crippen molar-refractivity contribution < 1.29 is 30.7 Å². The van der Waals surface area contributed by atoms with Crippen molar-refractivity contribution in [2.45, 2.75) is 26.2 Å². The second kappa shape index (κ2) is 8.19. The predicted molar refractivity (Wildman–Crippen MR) is 94.5 cm³/mol. The lowest BCUT2D eigenvalue weighted by Gasteiger charge is -2.20. The van der Waals surface area contributed by atoms with Crippen LogP contribution in [0.2, 0.25) is 0 Å². The Morgan fingerprint density at radius 3 is 1.84 bits per heavy atom. The van der Waals surface area contributed by atoms with Crippen LogP contribution in [0.1, 0.15) is 26.3 Å². The standard InChI is InChI=1S/C12H17NO6S.CH3ClO2S/c1-12(2,3)8-6-9(13(14)15)11(18-4)10(7-8)19-20(5,16)17;1-5(2,3)4/h6-7H,1-5H3;1H3. The van der Waals surface area contributed by atoms with Gasteiger partial charge in [-0.2, -0.15) is 8.42 Å². The maximum absolute atomic E-state index is 11.3. The smallest absolute Gasteiger partial charge is 0.315 e. The fourth-order valence-electron chi connectivity index (χ4n) is 1.59. The Kier molecular flexibility index (Phi) is 7.67. The highest BCUT2D eigenvalue weighted by Gasteiger charge is 2.27. The quantitative estimate of drug-likeness (QED) is 0.316. The number of hydrogen-bond donors (Lipinski definition) is 0. The van der Waals surface area contributed by atoms with Gasteiger partial charge in [-0.1, -0.05) is 20.8 Å². The molecule has 0 amide bonds. The lowest BCUT2D eigenvalue weighted by atomic mass is 9.86. The van der Waals surface area contributed by atoms with Crippen LogP contribution in [0.4, 0.5) is 5.69 Å². The molecule has 0 radical (unpaired) electrons. The summed E-state index contributed by atoms with van der Waals surface area (Å²) in [6, 6.07) is 2.79. The Balaban J connectivity index is 0.00000101. The highest BCUT2D eigenvalue weighted by molar-refractivity contribution is 8.13. The topological polar surface area (TPSA) is 130 Å². The molecule has 0 saturated heterocycles. The van der Waals surface area contributed by atoms with E-state index < -0.39 is 29.5 Å². The molecule has 0 saturated carbocycles. The summed E-state index contributed by atoms with van der Waals surface area (Å²) in [6.07, 6.45) is 1.79. The van der Waals surface area contributed by atoms with Gasteiger partial charge in [-0.05, 0) is 17.0 Å². The molecule has 0 N–H and O–H groups in total. The first kappa shape index (κ1) is 23.4. The number of ether oxygens (including phenoxy) is 1. The molecule has 1 aromatic rings. The molecule has 0 aliphatic carbocycles. The number of nitro benzene ring substituents is 1. The van der Waals surface area contributed by atoms with E-state index in [9.17, 15) is 26.9 Å². The molecule has 144 valence electrons. The van der Waals surface area contributed by atoms with E-state index in [0.29, 0.717) is 5.56 Å². The van der Waals surface area contributed by atoms with E-state index in [-0.39, 0.29) is 17.2 Å². The van der Waals surface area contributed by atoms with Gasteiger partial charge in [-0.25, -0.2) is 8.42 Å². The van der Waals surface area contributed by atoms with Crippen LogP contribution in [-0.2, 0) is 24.6 Å². The minimum Gasteiger partial charge on any atom is -0.488 e. The zero-order valence-corrected chi connectivity index (χ0v) is 17.0. The number of halogens is 1. The average Bonchev–Trinajstić information content (AvgIpc) is 2.32. The van der Waals surface area contributed by atoms with E-state index in [4.69, 9.17) is 8.92 Å². The van der Waals surface area contributed by atoms with Crippen LogP contribution in [0, 0.1) is 10.1 Å². The number of benzene rings is 1. The number of nitro groups is 1. The predicted octanol–water partition coefficient (Wildman–Crippen LogP) is 2.42. The first-order valence-electron chi connectivity index (χ1n) is 6.61. The minimum atomic E-state index is -3.82. The van der Waals surface area contributed by atoms with Gasteiger partial charge in [-0.3, -0.25) is 10.1 Å². The Morgan fingerprint density at radius 2 is 1.56 bits per heavy atom. The second-order valence-corrected chi connectivity index (χ2v) is 10.6. The third-order valence-electron chi connectivity index (χ3n) is 2.54. The van der Waals surface area contributed by atoms with E-state index in [1.54, 1.807) is 0 Å². The van der Waals surface area contributed by atoms with Gasteiger partial charge in [0.1, 0.15) is 0 Å². The fraction of sp³-hybridized carbons (Fsp3) is 0.538. The van der Waals surface area contributed by atoms with E-state index >= 15 is 0 Å². The van der Waals surface area contributed by atoms with Gasteiger partial charge in [0, 0.05) is 16.7 Å². The van der Waals surface area contributed by atoms with Crippen molar-refractivity contribution in [1.29, 1.82) is 0 Å². The van der Waals surface area contributed by atoms with Crippen LogP contribution in [0.25, 0.3) is 0 Å². The molecule has 0 aliphatic heterocycles. The van der Waals surface area contributed by atoms with Gasteiger partial charge in [-0.15, -0.1) is 0 Å². The Hall–Kier alpha value is -1.59. The monoisotopic (exact) mass is 417 g/mol. The van der Waals surface area contributed by atoms with E-state index in [1.165, 1.54) is 19.2 Å². The van der Waals surface area contributed by atoms with Crippen LogP contribution in [-0.4, -0.2) is 41.4 Å². The maximum atomic E-state index is 11.3. The minimum absolute atomic E-state index is 0.186. The van der Waals surface area contributed by atoms with Crippen molar-refractivity contribution in [3.63, 3.8) is 0 Å². The molecule has 0 bridgehead atoms. The van der Waals surface area contributed by atoms with Crippen molar-refractivity contribution in [1.82, 2.24) is 0 Å². The van der Waals surface area contributed by atoms with Gasteiger partial charge in [0.15, 0.2) is 5.75 Å². The molecule has 0 spiro atoms. The number of rotatable bonds is 4. The van der Waals surface area contributed by atoms with Crippen LogP contribution in [0.3, 0.4) is 0 Å². The van der Waals surface area contributed by atoms with Gasteiger partial charge >= 0.3 is 15.8 Å². The molecule has 25 heavy (non-hydrogen) atoms. The Morgan fingerprint density at radius 1 is 1.12 bits per heavy atom. The zero-order chi connectivity index (χ0) is 20.2. The summed E-state index contributed by atoms with van der Waals surface area (Å²) in [5.41, 5.74) is -0.172. The van der Waals surface area contributed by atoms with Crippen molar-refractivity contribution in [2.75, 3.05) is 19.6 Å². The first-order valence-corrected chi connectivity index (χ1v) is 11.1. The molecule has 0 aliphatic rings. The summed E-state index contributed by atoms with van der Waals surface area (Å²) in [4.78, 5) is 10.5. The Labute approximate surface area is 151 Å². The normalized spacial score (nSPS) is 12.0. The zero-order valence-electron chi connectivity index (χ0n) is 14.6. The highest BCUT2D eigenvalue weighted by Crippen LogP contribution is 2.41. The molecule has 0 aromatic heterocycles. The maximum Gasteiger partial charge on any atom is 0.315 e. The summed E-state index contributed by atoms with van der Waals surface area (Å²) in [7, 11) is -1.29. The summed E-state index contributed by atoms with van der Waals surface area (Å²) < 4.78 is 51.0. The van der Waals surface area contributed by atoms with Crippen molar-refractivity contribution in [2.24, 2.45) is 0 Å². The van der Waals surface area contributed by atoms with Crippen LogP contribution in [0.15, 0.2) is 12.1 Å². The van der Waals surface area contributed by atoms with Crippen molar-refractivity contribution >= 4 is 35.5 Å². The summed E-state index contributed by atoms with van der Waals surface area (Å²) >= 11 is 0. The molecule has 9 nitrogen and oxygen atoms in total. The molecule has 1 aromatic carbocycles. The lowest BCUT2D eigenvalue weighted by molar-refractivity contribution is -0.385. The number of methoxy groups -OCH3 is 1. The fourth-order valence-corrected chi connectivity index (χ4v) is 2.04. The van der Waals surface area contributed by atoms with Gasteiger partial charge in [0.25, 0.3) is 0 Å². The molecule has 0 atom stereocenters. The number of nitrogens with zero attached hydrogens (tertiary/aromatic N) is 1. The molecule has 0 fully saturated rings. The van der Waals surface area contributed by atoms with Gasteiger partial charge in [0.05, 0.1) is 24.5 Å². The Bertz CT molecular complexity index is 834. The molecule has 0 heterocycles. The number of hydrogen-bond acceptors (Lipinski definition) is 8. The average molecular weight is 418 g/mol. The van der Waals surface area contributed by atoms with Gasteiger partial charge in [0.2, 0.25) is 14.8 Å². The first-order chi connectivity index (χ1) is 11.0. The molecule has 1 rings (SSSR count). The second-order valence-electron chi connectivity index (χ2n) is 6.00. The highest BCUT2D eigenvalue weighted by atomic mass is 35.7. The molecular formula is C13H20ClNO8S2. The van der Waals surface area contributed by atoms with E-state index in [2.05, 4.69) is 10.7 Å². The molecular weight excluding hydrogens is 398 g/mol. The summed E-state index contributed by atoms with van der Waals surface area (Å²) in [5, 5.41) is 11.1. The summed E-state index contributed by atoms with van der Waals surface area (Å²) in [6.45, 7) is 5.55. The van der Waals surface area contributed by atoms with Crippen LogP contribution in [0.5, 0.6) is 11.5 Å². The van der Waals surface area contributed by atoms with E-state index in [1.807, 2.05) is 20.8 Å². The van der Waals surface area contributed by atoms with E-state index in [0.717, 1.165) is 12.5 Å². The third-order valence-corrected chi connectivity index (χ3v) is 3.03. The summed E-state index contributed by atoms with van der Waals surface area (Å²) in [5.74, 6) is -0.400. The lowest BCUT2D eigenvalue weighted by Crippen LogP contribution is -2.14. The molecule has 12 heteroatoms. The largest absolute Gasteiger partial charge is 0.488 e. The van der Waals surface area contributed by atoms with Crippen LogP contribution >= 0.6 is 10.7 Å². The molecule has 0 unspecified atom stereocenters. The SMILES string of the molecule is COc1c(OS(C)(=O)=O)cc(C(C)(C)C)cc1[N+](=O)[O-].CS(=O)(=O)Cl. The third kappa shape index (κ3) is 9.46. The van der Waals surface area contributed by atoms with Crippen molar-refractivity contribution in [3.8, 4) is 11.5 Å². The van der Waals surface area contributed by atoms with Crippen molar-refractivity contribution in [3.05, 3.63) is 27.8 Å². The van der Waals surface area contributed by atoms with Gasteiger partial charge < -0.3 is 8.92 Å². The van der Waals surface area contributed by atoms with Crippen LogP contribution < -0.4 is 8.92 Å².